The molecule has 2 rings (SSSR count). The van der Waals surface area contributed by atoms with Gasteiger partial charge < -0.3 is 14.2 Å². The Labute approximate surface area is 144 Å². The summed E-state index contributed by atoms with van der Waals surface area (Å²) in [6.07, 6.45) is 0.814. The van der Waals surface area contributed by atoms with Crippen LogP contribution in [0.3, 0.4) is 0 Å². The van der Waals surface area contributed by atoms with Crippen LogP contribution in [-0.4, -0.2) is 27.4 Å². The van der Waals surface area contributed by atoms with Gasteiger partial charge >= 0.3 is 0 Å². The van der Waals surface area contributed by atoms with Crippen molar-refractivity contribution in [1.29, 1.82) is 0 Å². The zero-order valence-electron chi connectivity index (χ0n) is 14.5. The van der Waals surface area contributed by atoms with Crippen molar-refractivity contribution in [2.45, 2.75) is 18.9 Å². The normalized spacial score (nSPS) is 12.8. The highest BCUT2D eigenvalue weighted by Gasteiger charge is 2.30. The van der Waals surface area contributed by atoms with E-state index < -0.39 is 5.60 Å². The van der Waals surface area contributed by atoms with Crippen LogP contribution in [0.25, 0.3) is 0 Å². The van der Waals surface area contributed by atoms with Gasteiger partial charge in [0.1, 0.15) is 18.0 Å². The Morgan fingerprint density at radius 3 is 2.46 bits per heavy atom. The van der Waals surface area contributed by atoms with Gasteiger partial charge in [0.2, 0.25) is 0 Å². The number of methoxy groups -OCH3 is 2. The Balaban J connectivity index is 2.06. The minimum absolute atomic E-state index is 0.342. The van der Waals surface area contributed by atoms with E-state index in [0.717, 1.165) is 23.3 Å². The molecule has 0 saturated carbocycles. The van der Waals surface area contributed by atoms with Crippen molar-refractivity contribution in [1.82, 2.24) is 0 Å². The topological polar surface area (TPSA) is 27.7 Å². The molecule has 0 amide bonds. The van der Waals surface area contributed by atoms with E-state index in [9.17, 15) is 0 Å². The molecule has 3 heteroatoms. The summed E-state index contributed by atoms with van der Waals surface area (Å²) in [5, 5.41) is 0. The third-order valence-electron chi connectivity index (χ3n) is 4.02. The third-order valence-corrected chi connectivity index (χ3v) is 4.02. The first-order valence-electron chi connectivity index (χ1n) is 8.05. The molecule has 2 aromatic carbocycles. The second-order valence-corrected chi connectivity index (χ2v) is 5.47. The average Bonchev–Trinajstić information content (AvgIpc) is 2.64. The lowest BCUT2D eigenvalue weighted by Crippen LogP contribution is -2.33. The Bertz CT molecular complexity index is 679. The summed E-state index contributed by atoms with van der Waals surface area (Å²) in [5.41, 5.74) is 1.58. The van der Waals surface area contributed by atoms with Crippen molar-refractivity contribution >= 4 is 0 Å². The van der Waals surface area contributed by atoms with Crippen LogP contribution in [0.5, 0.6) is 5.75 Å². The van der Waals surface area contributed by atoms with Crippen molar-refractivity contribution in [2.24, 2.45) is 0 Å². The smallest absolute Gasteiger partial charge is 0.149 e. The molecule has 0 N–H and O–H groups in total. The SMILES string of the molecule is CCC(COC)(OC)c1cccc(OCC#Cc2ccccc2)c1. The molecule has 0 bridgehead atoms. The lowest BCUT2D eigenvalue weighted by Gasteiger charge is -2.31. The van der Waals surface area contributed by atoms with Crippen molar-refractivity contribution in [3.63, 3.8) is 0 Å². The lowest BCUT2D eigenvalue weighted by atomic mass is 9.91. The van der Waals surface area contributed by atoms with Crippen LogP contribution in [0, 0.1) is 11.8 Å². The predicted molar refractivity (Wildman–Crippen MR) is 96.1 cm³/mol. The highest BCUT2D eigenvalue weighted by molar-refractivity contribution is 5.35. The summed E-state index contributed by atoms with van der Waals surface area (Å²) in [6, 6.07) is 17.8. The molecule has 0 aliphatic heterocycles. The molecule has 0 aliphatic carbocycles. The fourth-order valence-corrected chi connectivity index (χ4v) is 2.59. The van der Waals surface area contributed by atoms with Gasteiger partial charge in [-0.15, -0.1) is 0 Å². The summed E-state index contributed by atoms with van der Waals surface area (Å²) >= 11 is 0. The zero-order chi connectivity index (χ0) is 17.3. The molecule has 0 aliphatic rings. The summed E-state index contributed by atoms with van der Waals surface area (Å²) in [6.45, 7) is 2.92. The van der Waals surface area contributed by atoms with Crippen LogP contribution in [0.2, 0.25) is 0 Å². The zero-order valence-corrected chi connectivity index (χ0v) is 14.5. The van der Waals surface area contributed by atoms with Gasteiger partial charge in [0, 0.05) is 19.8 Å². The molecule has 3 nitrogen and oxygen atoms in total. The maximum atomic E-state index is 5.76. The highest BCUT2D eigenvalue weighted by Crippen LogP contribution is 2.31. The van der Waals surface area contributed by atoms with Crippen molar-refractivity contribution in [3.05, 3.63) is 65.7 Å². The fraction of sp³-hybridized carbons (Fsp3) is 0.333. The van der Waals surface area contributed by atoms with Gasteiger partial charge in [0.05, 0.1) is 6.61 Å². The number of benzene rings is 2. The van der Waals surface area contributed by atoms with Crippen molar-refractivity contribution in [3.8, 4) is 17.6 Å². The van der Waals surface area contributed by atoms with Crippen LogP contribution >= 0.6 is 0 Å². The van der Waals surface area contributed by atoms with E-state index in [1.54, 1.807) is 14.2 Å². The van der Waals surface area contributed by atoms with E-state index in [1.165, 1.54) is 0 Å². The van der Waals surface area contributed by atoms with E-state index in [2.05, 4.69) is 18.8 Å². The standard InChI is InChI=1S/C21H24O3/c1-4-21(23-3,17-22-2)19-13-8-14-20(16-19)24-15-9-12-18-10-6-5-7-11-18/h5-8,10-11,13-14,16H,4,15,17H2,1-3H3. The van der Waals surface area contributed by atoms with Crippen LogP contribution in [0.4, 0.5) is 0 Å². The lowest BCUT2D eigenvalue weighted by molar-refractivity contribution is -0.0720. The summed E-state index contributed by atoms with van der Waals surface area (Å²) < 4.78 is 16.8. The van der Waals surface area contributed by atoms with Crippen LogP contribution in [-0.2, 0) is 15.1 Å². The molecule has 2 aromatic rings. The predicted octanol–water partition coefficient (Wildman–Crippen LogP) is 4.02. The molecule has 0 radical (unpaired) electrons. The first kappa shape index (κ1) is 18.1. The largest absolute Gasteiger partial charge is 0.481 e. The Kier molecular flexibility index (Phi) is 6.87. The van der Waals surface area contributed by atoms with Gasteiger partial charge in [0.15, 0.2) is 0 Å². The minimum atomic E-state index is -0.455. The third kappa shape index (κ3) is 4.61. The molecule has 0 spiro atoms. The fourth-order valence-electron chi connectivity index (χ4n) is 2.59. The van der Waals surface area contributed by atoms with Gasteiger partial charge in [-0.05, 0) is 36.2 Å². The van der Waals surface area contributed by atoms with Crippen LogP contribution in [0.15, 0.2) is 54.6 Å². The van der Waals surface area contributed by atoms with E-state index in [0.29, 0.717) is 13.2 Å². The first-order valence-corrected chi connectivity index (χ1v) is 8.05. The molecule has 1 unspecified atom stereocenters. The molecular formula is C21H24O3. The van der Waals surface area contributed by atoms with Gasteiger partial charge in [-0.2, -0.15) is 0 Å². The van der Waals surface area contributed by atoms with E-state index >= 15 is 0 Å². The molecule has 0 heterocycles. The second-order valence-electron chi connectivity index (χ2n) is 5.47. The average molecular weight is 324 g/mol. The van der Waals surface area contributed by atoms with Crippen LogP contribution < -0.4 is 4.74 Å². The van der Waals surface area contributed by atoms with Gasteiger partial charge in [-0.3, -0.25) is 0 Å². The van der Waals surface area contributed by atoms with Gasteiger partial charge in [0.25, 0.3) is 0 Å². The summed E-state index contributed by atoms with van der Waals surface area (Å²) in [4.78, 5) is 0. The van der Waals surface area contributed by atoms with E-state index in [4.69, 9.17) is 14.2 Å². The van der Waals surface area contributed by atoms with Crippen molar-refractivity contribution in [2.75, 3.05) is 27.4 Å². The number of hydrogen-bond acceptors (Lipinski definition) is 3. The second kappa shape index (κ2) is 9.12. The summed E-state index contributed by atoms with van der Waals surface area (Å²) in [7, 11) is 3.39. The quantitative estimate of drug-likeness (QED) is 0.720. The first-order chi connectivity index (χ1) is 11.7. The number of rotatable bonds is 7. The molecular weight excluding hydrogens is 300 g/mol. The van der Waals surface area contributed by atoms with Gasteiger partial charge in [-0.1, -0.05) is 49.1 Å². The molecule has 0 aromatic heterocycles. The number of ether oxygens (including phenoxy) is 3. The Morgan fingerprint density at radius 2 is 1.79 bits per heavy atom. The monoisotopic (exact) mass is 324 g/mol. The maximum absolute atomic E-state index is 5.76. The molecule has 0 saturated heterocycles. The Morgan fingerprint density at radius 1 is 1.00 bits per heavy atom. The van der Waals surface area contributed by atoms with Crippen molar-refractivity contribution < 1.29 is 14.2 Å². The summed E-state index contributed by atoms with van der Waals surface area (Å²) in [5.74, 6) is 6.89. The highest BCUT2D eigenvalue weighted by atomic mass is 16.5. The maximum Gasteiger partial charge on any atom is 0.149 e. The molecule has 126 valence electrons. The number of hydrogen-bond donors (Lipinski definition) is 0. The van der Waals surface area contributed by atoms with E-state index in [-0.39, 0.29) is 0 Å². The Hall–Kier alpha value is -2.28. The molecule has 0 fully saturated rings. The molecule has 24 heavy (non-hydrogen) atoms. The molecule has 1 atom stereocenters. The van der Waals surface area contributed by atoms with Crippen LogP contribution in [0.1, 0.15) is 24.5 Å². The van der Waals surface area contributed by atoms with E-state index in [1.807, 2.05) is 54.6 Å². The minimum Gasteiger partial charge on any atom is -0.481 e. The van der Waals surface area contributed by atoms with Gasteiger partial charge in [-0.25, -0.2) is 0 Å².